The van der Waals surface area contributed by atoms with Gasteiger partial charge in [0.1, 0.15) is 5.15 Å². The van der Waals surface area contributed by atoms with Crippen LogP contribution in [0.4, 0.5) is 0 Å². The van der Waals surface area contributed by atoms with Gasteiger partial charge >= 0.3 is 0 Å². The molecule has 116 valence electrons. The van der Waals surface area contributed by atoms with Gasteiger partial charge in [0.15, 0.2) is 0 Å². The second-order valence-electron chi connectivity index (χ2n) is 5.38. The van der Waals surface area contributed by atoms with Gasteiger partial charge in [0.25, 0.3) is 0 Å². The number of benzene rings is 2. The van der Waals surface area contributed by atoms with E-state index in [2.05, 4.69) is 11.1 Å². The van der Waals surface area contributed by atoms with Gasteiger partial charge in [0, 0.05) is 17.3 Å². The summed E-state index contributed by atoms with van der Waals surface area (Å²) in [6, 6.07) is 22.2. The van der Waals surface area contributed by atoms with Crippen LogP contribution < -0.4 is 0 Å². The van der Waals surface area contributed by atoms with Gasteiger partial charge in [0.2, 0.25) is 0 Å². The van der Waals surface area contributed by atoms with Crippen LogP contribution in [0.1, 0.15) is 16.7 Å². The lowest BCUT2D eigenvalue weighted by Gasteiger charge is -2.06. The van der Waals surface area contributed by atoms with Crippen LogP contribution in [0, 0.1) is 11.3 Å². The van der Waals surface area contributed by atoms with Crippen LogP contribution in [0.2, 0.25) is 5.15 Å². The zero-order valence-electron chi connectivity index (χ0n) is 13.0. The van der Waals surface area contributed by atoms with Gasteiger partial charge in [-0.15, -0.1) is 0 Å². The first-order valence-electron chi connectivity index (χ1n) is 7.61. The van der Waals surface area contributed by atoms with Crippen LogP contribution in [0.15, 0.2) is 66.9 Å². The van der Waals surface area contributed by atoms with E-state index in [0.717, 1.165) is 27.8 Å². The van der Waals surface area contributed by atoms with Crippen molar-refractivity contribution < 1.29 is 0 Å². The summed E-state index contributed by atoms with van der Waals surface area (Å²) < 4.78 is 0. The van der Waals surface area contributed by atoms with E-state index < -0.39 is 0 Å². The van der Waals surface area contributed by atoms with Crippen LogP contribution in [-0.4, -0.2) is 4.98 Å². The molecule has 1 heterocycles. The molecule has 2 aromatic carbocycles. The standard InChI is InChI=1S/C21H15ClN2/c22-21-19(10-9-16-5-2-1-3-6-16)14-20(15-24-21)18-8-4-7-17(13-18)11-12-23/h1-10,13-15H,11H2/b10-9+. The van der Waals surface area contributed by atoms with E-state index in [1.54, 1.807) is 6.20 Å². The van der Waals surface area contributed by atoms with Crippen molar-refractivity contribution in [2.24, 2.45) is 0 Å². The number of aromatic nitrogens is 1. The molecule has 0 fully saturated rings. The van der Waals surface area contributed by atoms with Crippen molar-refractivity contribution >= 4 is 23.8 Å². The summed E-state index contributed by atoms with van der Waals surface area (Å²) in [6.07, 6.45) is 6.13. The first kappa shape index (κ1) is 16.0. The summed E-state index contributed by atoms with van der Waals surface area (Å²) >= 11 is 6.23. The minimum Gasteiger partial charge on any atom is -0.243 e. The van der Waals surface area contributed by atoms with Crippen LogP contribution in [0.5, 0.6) is 0 Å². The van der Waals surface area contributed by atoms with Crippen molar-refractivity contribution in [3.8, 4) is 17.2 Å². The van der Waals surface area contributed by atoms with Gasteiger partial charge in [-0.3, -0.25) is 0 Å². The molecular weight excluding hydrogens is 316 g/mol. The predicted molar refractivity (Wildman–Crippen MR) is 99.4 cm³/mol. The number of rotatable bonds is 4. The number of pyridine rings is 1. The van der Waals surface area contributed by atoms with E-state index in [1.165, 1.54) is 0 Å². The Bertz CT molecular complexity index is 909. The van der Waals surface area contributed by atoms with Gasteiger partial charge in [0.05, 0.1) is 12.5 Å². The maximum absolute atomic E-state index is 8.85. The minimum absolute atomic E-state index is 0.398. The predicted octanol–water partition coefficient (Wildman–Crippen LogP) is 5.64. The summed E-state index contributed by atoms with van der Waals surface area (Å²) in [5.74, 6) is 0. The van der Waals surface area contributed by atoms with Crippen LogP contribution in [0.25, 0.3) is 23.3 Å². The molecule has 0 radical (unpaired) electrons. The molecule has 3 heteroatoms. The second kappa shape index (κ2) is 7.59. The molecular formula is C21H15ClN2. The van der Waals surface area contributed by atoms with Gasteiger partial charge < -0.3 is 0 Å². The molecule has 0 atom stereocenters. The third kappa shape index (κ3) is 3.90. The van der Waals surface area contributed by atoms with Crippen molar-refractivity contribution in [1.29, 1.82) is 5.26 Å². The Morgan fingerprint density at radius 2 is 1.79 bits per heavy atom. The largest absolute Gasteiger partial charge is 0.243 e. The number of halogens is 1. The Kier molecular flexibility index (Phi) is 5.05. The maximum Gasteiger partial charge on any atom is 0.136 e. The molecule has 2 nitrogen and oxygen atoms in total. The third-order valence-corrected chi connectivity index (χ3v) is 3.98. The fraction of sp³-hybridized carbons (Fsp3) is 0.0476. The Morgan fingerprint density at radius 3 is 2.58 bits per heavy atom. The van der Waals surface area contributed by atoms with Crippen LogP contribution >= 0.6 is 11.6 Å². The topological polar surface area (TPSA) is 36.7 Å². The quantitative estimate of drug-likeness (QED) is 0.580. The minimum atomic E-state index is 0.398. The van der Waals surface area contributed by atoms with Gasteiger partial charge in [-0.1, -0.05) is 78.4 Å². The molecule has 0 aliphatic carbocycles. The van der Waals surface area contributed by atoms with Gasteiger partial charge in [-0.25, -0.2) is 4.98 Å². The Labute approximate surface area is 146 Å². The molecule has 0 spiro atoms. The fourth-order valence-corrected chi connectivity index (χ4v) is 2.61. The molecule has 0 amide bonds. The Balaban J connectivity index is 1.93. The summed E-state index contributed by atoms with van der Waals surface area (Å²) in [5.41, 5.74) is 4.97. The molecule has 3 rings (SSSR count). The maximum atomic E-state index is 8.85. The van der Waals surface area contributed by atoms with Gasteiger partial charge in [-0.2, -0.15) is 5.26 Å². The highest BCUT2D eigenvalue weighted by Crippen LogP contribution is 2.25. The van der Waals surface area contributed by atoms with E-state index in [1.807, 2.05) is 72.8 Å². The lowest BCUT2D eigenvalue weighted by molar-refractivity contribution is 1.26. The summed E-state index contributed by atoms with van der Waals surface area (Å²) in [4.78, 5) is 4.29. The van der Waals surface area contributed by atoms with E-state index >= 15 is 0 Å². The van der Waals surface area contributed by atoms with E-state index in [9.17, 15) is 0 Å². The molecule has 0 N–H and O–H groups in total. The average molecular weight is 331 g/mol. The molecule has 0 bridgehead atoms. The lowest BCUT2D eigenvalue weighted by atomic mass is 10.0. The molecule has 0 unspecified atom stereocenters. The fourth-order valence-electron chi connectivity index (χ4n) is 2.44. The monoisotopic (exact) mass is 330 g/mol. The molecule has 0 aliphatic heterocycles. The first-order valence-corrected chi connectivity index (χ1v) is 7.99. The second-order valence-corrected chi connectivity index (χ2v) is 5.74. The Morgan fingerprint density at radius 1 is 0.958 bits per heavy atom. The van der Waals surface area contributed by atoms with Crippen molar-refractivity contribution in [1.82, 2.24) is 4.98 Å². The molecule has 0 saturated heterocycles. The molecule has 1 aromatic heterocycles. The number of hydrogen-bond acceptors (Lipinski definition) is 2. The normalized spacial score (nSPS) is 10.7. The van der Waals surface area contributed by atoms with Gasteiger partial charge in [-0.05, 0) is 22.8 Å². The highest BCUT2D eigenvalue weighted by Gasteiger charge is 2.04. The Hall–Kier alpha value is -2.89. The number of hydrogen-bond donors (Lipinski definition) is 0. The zero-order chi connectivity index (χ0) is 16.8. The van der Waals surface area contributed by atoms with Crippen molar-refractivity contribution in [3.63, 3.8) is 0 Å². The van der Waals surface area contributed by atoms with Crippen LogP contribution in [-0.2, 0) is 6.42 Å². The molecule has 0 saturated carbocycles. The summed E-state index contributed by atoms with van der Waals surface area (Å²) in [6.45, 7) is 0. The van der Waals surface area contributed by atoms with E-state index in [0.29, 0.717) is 11.6 Å². The third-order valence-electron chi connectivity index (χ3n) is 3.66. The molecule has 3 aromatic rings. The molecule has 24 heavy (non-hydrogen) atoms. The number of nitrogens with zero attached hydrogens (tertiary/aromatic N) is 2. The van der Waals surface area contributed by atoms with Crippen molar-refractivity contribution in [2.45, 2.75) is 6.42 Å². The van der Waals surface area contributed by atoms with E-state index in [-0.39, 0.29) is 0 Å². The van der Waals surface area contributed by atoms with Crippen LogP contribution in [0.3, 0.4) is 0 Å². The SMILES string of the molecule is N#CCc1cccc(-c2cnc(Cl)c(/C=C/c3ccccc3)c2)c1. The smallest absolute Gasteiger partial charge is 0.136 e. The first-order chi connectivity index (χ1) is 11.8. The lowest BCUT2D eigenvalue weighted by Crippen LogP contribution is -1.87. The highest BCUT2D eigenvalue weighted by atomic mass is 35.5. The summed E-state index contributed by atoms with van der Waals surface area (Å²) in [5, 5.41) is 9.32. The average Bonchev–Trinajstić information content (AvgIpc) is 2.62. The molecule has 0 aliphatic rings. The highest BCUT2D eigenvalue weighted by molar-refractivity contribution is 6.31. The summed E-state index contributed by atoms with van der Waals surface area (Å²) in [7, 11) is 0. The number of nitriles is 1. The van der Waals surface area contributed by atoms with Crippen molar-refractivity contribution in [2.75, 3.05) is 0 Å². The van der Waals surface area contributed by atoms with E-state index in [4.69, 9.17) is 16.9 Å². The van der Waals surface area contributed by atoms with Crippen molar-refractivity contribution in [3.05, 3.63) is 88.7 Å². The zero-order valence-corrected chi connectivity index (χ0v) is 13.7.